The van der Waals surface area contributed by atoms with Crippen molar-refractivity contribution in [1.82, 2.24) is 0 Å². The average molecular weight is 269 g/mol. The van der Waals surface area contributed by atoms with Crippen LogP contribution in [0.5, 0.6) is 17.2 Å². The molecule has 0 aliphatic carbocycles. The Labute approximate surface area is 117 Å². The van der Waals surface area contributed by atoms with Gasteiger partial charge in [-0.3, -0.25) is 0 Å². The highest BCUT2D eigenvalue weighted by Gasteiger charge is 2.09. The van der Waals surface area contributed by atoms with E-state index in [1.807, 2.05) is 26.0 Å². The van der Waals surface area contributed by atoms with E-state index in [-0.39, 0.29) is 5.75 Å². The molecule has 0 radical (unpaired) electrons. The first-order chi connectivity index (χ1) is 9.61. The summed E-state index contributed by atoms with van der Waals surface area (Å²) in [5.74, 6) is 1.40. The minimum Gasteiger partial charge on any atom is -0.508 e. The van der Waals surface area contributed by atoms with Crippen LogP contribution in [0.15, 0.2) is 36.4 Å². The Morgan fingerprint density at radius 1 is 1.10 bits per heavy atom. The van der Waals surface area contributed by atoms with E-state index in [0.717, 1.165) is 16.7 Å². The summed E-state index contributed by atoms with van der Waals surface area (Å²) in [6, 6.07) is 10.4. The Bertz CT molecular complexity index is 659. The van der Waals surface area contributed by atoms with Gasteiger partial charge in [0.25, 0.3) is 6.26 Å². The molecule has 0 heterocycles. The van der Waals surface area contributed by atoms with Crippen molar-refractivity contribution in [2.45, 2.75) is 20.5 Å². The molecule has 2 aromatic rings. The lowest BCUT2D eigenvalue weighted by molar-refractivity contribution is 0.297. The largest absolute Gasteiger partial charge is 0.508 e. The summed E-state index contributed by atoms with van der Waals surface area (Å²) in [6.07, 6.45) is 1.68. The van der Waals surface area contributed by atoms with E-state index >= 15 is 0 Å². The van der Waals surface area contributed by atoms with Crippen molar-refractivity contribution in [2.75, 3.05) is 0 Å². The van der Waals surface area contributed by atoms with Gasteiger partial charge in [-0.05, 0) is 49.2 Å². The molecule has 1 N–H and O–H groups in total. The number of benzene rings is 2. The van der Waals surface area contributed by atoms with Gasteiger partial charge < -0.3 is 14.6 Å². The van der Waals surface area contributed by atoms with Crippen LogP contribution < -0.4 is 9.47 Å². The van der Waals surface area contributed by atoms with Crippen LogP contribution in [0, 0.1) is 25.4 Å². The summed E-state index contributed by atoms with van der Waals surface area (Å²) < 4.78 is 10.7. The summed E-state index contributed by atoms with van der Waals surface area (Å²) >= 11 is 0. The lowest BCUT2D eigenvalue weighted by atomic mass is 10.1. The fourth-order valence-corrected chi connectivity index (χ4v) is 1.95. The monoisotopic (exact) mass is 269 g/mol. The number of nitriles is 1. The Kier molecular flexibility index (Phi) is 4.11. The zero-order chi connectivity index (χ0) is 14.5. The number of ether oxygens (including phenoxy) is 2. The molecule has 0 aromatic heterocycles. The van der Waals surface area contributed by atoms with E-state index in [1.165, 1.54) is 0 Å². The number of aryl methyl sites for hydroxylation is 2. The van der Waals surface area contributed by atoms with Gasteiger partial charge in [0.1, 0.15) is 23.9 Å². The number of hydrogen-bond donors (Lipinski definition) is 1. The fourth-order valence-electron chi connectivity index (χ4n) is 1.95. The number of nitrogens with zero attached hydrogens (tertiary/aromatic N) is 1. The van der Waals surface area contributed by atoms with Gasteiger partial charge in [-0.15, -0.1) is 5.26 Å². The highest BCUT2D eigenvalue weighted by atomic mass is 16.5. The lowest BCUT2D eigenvalue weighted by Crippen LogP contribution is -2.01. The van der Waals surface area contributed by atoms with E-state index in [1.54, 1.807) is 30.5 Å². The van der Waals surface area contributed by atoms with Crippen LogP contribution in [0.3, 0.4) is 0 Å². The predicted octanol–water partition coefficient (Wildman–Crippen LogP) is 3.45. The van der Waals surface area contributed by atoms with Gasteiger partial charge in [0.05, 0.1) is 0 Å². The third-order valence-electron chi connectivity index (χ3n) is 3.05. The van der Waals surface area contributed by atoms with Gasteiger partial charge in [-0.1, -0.05) is 12.1 Å². The molecule has 0 bridgehead atoms. The topological polar surface area (TPSA) is 62.5 Å². The van der Waals surface area contributed by atoms with E-state index in [2.05, 4.69) is 0 Å². The summed E-state index contributed by atoms with van der Waals surface area (Å²) in [7, 11) is 0. The third-order valence-corrected chi connectivity index (χ3v) is 3.05. The highest BCUT2D eigenvalue weighted by Crippen LogP contribution is 2.27. The molecule has 4 nitrogen and oxygen atoms in total. The van der Waals surface area contributed by atoms with Crippen molar-refractivity contribution in [3.63, 3.8) is 0 Å². The summed E-state index contributed by atoms with van der Waals surface area (Å²) in [6.45, 7) is 4.10. The zero-order valence-electron chi connectivity index (χ0n) is 11.4. The maximum atomic E-state index is 9.37. The van der Waals surface area contributed by atoms with Gasteiger partial charge in [0, 0.05) is 5.56 Å². The van der Waals surface area contributed by atoms with E-state index in [9.17, 15) is 5.11 Å². The van der Waals surface area contributed by atoms with Gasteiger partial charge in [-0.25, -0.2) is 0 Å². The molecule has 0 saturated carbocycles. The molecule has 4 heteroatoms. The highest BCUT2D eigenvalue weighted by molar-refractivity contribution is 5.42. The third kappa shape index (κ3) is 3.01. The minimum absolute atomic E-state index is 0.208. The fraction of sp³-hybridized carbons (Fsp3) is 0.188. The van der Waals surface area contributed by atoms with Gasteiger partial charge in [-0.2, -0.15) is 0 Å². The Hall–Kier alpha value is -2.67. The standard InChI is InChI=1S/C16H15NO3/c1-11-4-3-5-16(20-10-17)14(11)9-19-15-7-6-13(18)8-12(15)2/h3-8,18H,9H2,1-2H3. The molecule has 0 aliphatic heterocycles. The second-order valence-corrected chi connectivity index (χ2v) is 4.48. The number of phenolic OH excluding ortho intramolecular Hbond substituents is 1. The van der Waals surface area contributed by atoms with Crippen molar-refractivity contribution in [2.24, 2.45) is 0 Å². The molecule has 0 spiro atoms. The van der Waals surface area contributed by atoms with Crippen LogP contribution >= 0.6 is 0 Å². The molecule has 102 valence electrons. The first kappa shape index (κ1) is 13.8. The van der Waals surface area contributed by atoms with Crippen LogP contribution in [-0.4, -0.2) is 5.11 Å². The first-order valence-corrected chi connectivity index (χ1v) is 6.18. The molecule has 2 aromatic carbocycles. The normalized spacial score (nSPS) is 9.85. The number of phenols is 1. The van der Waals surface area contributed by atoms with Crippen LogP contribution in [0.4, 0.5) is 0 Å². The minimum atomic E-state index is 0.208. The Morgan fingerprint density at radius 2 is 1.90 bits per heavy atom. The molecular formula is C16H15NO3. The van der Waals surface area contributed by atoms with Crippen LogP contribution in [0.25, 0.3) is 0 Å². The summed E-state index contributed by atoms with van der Waals surface area (Å²) in [5, 5.41) is 18.0. The van der Waals surface area contributed by atoms with Crippen molar-refractivity contribution >= 4 is 0 Å². The lowest BCUT2D eigenvalue weighted by Gasteiger charge is -2.13. The van der Waals surface area contributed by atoms with Crippen LogP contribution in [0.2, 0.25) is 0 Å². The molecule has 0 atom stereocenters. The first-order valence-electron chi connectivity index (χ1n) is 6.18. The molecule has 0 saturated heterocycles. The zero-order valence-corrected chi connectivity index (χ0v) is 11.4. The average Bonchev–Trinajstić information content (AvgIpc) is 2.40. The van der Waals surface area contributed by atoms with Crippen molar-refractivity contribution in [3.05, 3.63) is 53.1 Å². The summed E-state index contributed by atoms with van der Waals surface area (Å²) in [4.78, 5) is 0. The molecule has 0 amide bonds. The SMILES string of the molecule is Cc1cc(O)ccc1OCc1c(C)cccc1OC#N. The second kappa shape index (κ2) is 5.98. The number of rotatable bonds is 4. The maximum Gasteiger partial charge on any atom is 0.292 e. The molecule has 2 rings (SSSR count). The quantitative estimate of drug-likeness (QED) is 0.863. The Balaban J connectivity index is 2.20. The molecule has 0 unspecified atom stereocenters. The van der Waals surface area contributed by atoms with Crippen LogP contribution in [0.1, 0.15) is 16.7 Å². The maximum absolute atomic E-state index is 9.37. The molecule has 0 aliphatic rings. The van der Waals surface area contributed by atoms with Gasteiger partial charge in [0.2, 0.25) is 0 Å². The predicted molar refractivity (Wildman–Crippen MR) is 74.6 cm³/mol. The molecular weight excluding hydrogens is 254 g/mol. The van der Waals surface area contributed by atoms with Crippen molar-refractivity contribution < 1.29 is 14.6 Å². The van der Waals surface area contributed by atoms with Crippen LogP contribution in [-0.2, 0) is 6.61 Å². The second-order valence-electron chi connectivity index (χ2n) is 4.48. The van der Waals surface area contributed by atoms with E-state index in [4.69, 9.17) is 14.7 Å². The molecule has 0 fully saturated rings. The van der Waals surface area contributed by atoms with Gasteiger partial charge in [0.15, 0.2) is 0 Å². The van der Waals surface area contributed by atoms with E-state index in [0.29, 0.717) is 18.1 Å². The van der Waals surface area contributed by atoms with Crippen molar-refractivity contribution in [1.29, 1.82) is 5.26 Å². The van der Waals surface area contributed by atoms with Crippen molar-refractivity contribution in [3.8, 4) is 23.5 Å². The Morgan fingerprint density at radius 3 is 2.60 bits per heavy atom. The smallest absolute Gasteiger partial charge is 0.292 e. The molecule has 20 heavy (non-hydrogen) atoms. The number of aromatic hydroxyl groups is 1. The number of hydrogen-bond acceptors (Lipinski definition) is 4. The van der Waals surface area contributed by atoms with E-state index < -0.39 is 0 Å². The summed E-state index contributed by atoms with van der Waals surface area (Å²) in [5.41, 5.74) is 2.68. The van der Waals surface area contributed by atoms with Gasteiger partial charge >= 0.3 is 0 Å².